The average molecular weight is 236 g/mol. The van der Waals surface area contributed by atoms with Gasteiger partial charge in [0.2, 0.25) is 0 Å². The van der Waals surface area contributed by atoms with Crippen molar-refractivity contribution in [2.45, 2.75) is 6.04 Å². The number of rotatable bonds is 1. The van der Waals surface area contributed by atoms with Crippen LogP contribution in [0.1, 0.15) is 10.9 Å². The Morgan fingerprint density at radius 1 is 1.27 bits per heavy atom. The summed E-state index contributed by atoms with van der Waals surface area (Å²) in [6.07, 6.45) is 0. The minimum Gasteiger partial charge on any atom is -0.367 e. The molecular weight excluding hydrogens is 228 g/mol. The maximum absolute atomic E-state index is 11.8. The van der Waals surface area contributed by atoms with Crippen LogP contribution in [0.2, 0.25) is 0 Å². The molecule has 3 nitrogen and oxygen atoms in total. The SMILES string of the molecule is O=C1Nc2cscc2NC1c1cccs1. The van der Waals surface area contributed by atoms with Crippen molar-refractivity contribution in [1.29, 1.82) is 0 Å². The molecule has 0 aliphatic carbocycles. The van der Waals surface area contributed by atoms with Crippen LogP contribution in [-0.2, 0) is 4.79 Å². The van der Waals surface area contributed by atoms with Gasteiger partial charge in [0.15, 0.2) is 0 Å². The molecule has 0 fully saturated rings. The number of carbonyl (C=O) groups is 1. The number of nitrogens with one attached hydrogen (secondary N) is 2. The first kappa shape index (κ1) is 8.94. The molecule has 5 heteroatoms. The summed E-state index contributed by atoms with van der Waals surface area (Å²) in [4.78, 5) is 12.8. The lowest BCUT2D eigenvalue weighted by molar-refractivity contribution is -0.117. The van der Waals surface area contributed by atoms with Crippen LogP contribution >= 0.6 is 22.7 Å². The summed E-state index contributed by atoms with van der Waals surface area (Å²) >= 11 is 3.17. The molecule has 0 saturated carbocycles. The Bertz CT molecular complexity index is 489. The molecule has 1 aliphatic rings. The van der Waals surface area contributed by atoms with Crippen molar-refractivity contribution in [3.63, 3.8) is 0 Å². The second kappa shape index (κ2) is 3.36. The van der Waals surface area contributed by atoms with E-state index in [2.05, 4.69) is 10.6 Å². The van der Waals surface area contributed by atoms with E-state index in [1.807, 2.05) is 28.3 Å². The van der Waals surface area contributed by atoms with Crippen LogP contribution in [0.5, 0.6) is 0 Å². The molecule has 1 atom stereocenters. The van der Waals surface area contributed by atoms with E-state index in [0.717, 1.165) is 16.3 Å². The third kappa shape index (κ3) is 1.44. The number of hydrogen-bond donors (Lipinski definition) is 2. The maximum Gasteiger partial charge on any atom is 0.252 e. The van der Waals surface area contributed by atoms with Gasteiger partial charge in [0, 0.05) is 15.6 Å². The van der Waals surface area contributed by atoms with E-state index >= 15 is 0 Å². The molecule has 3 heterocycles. The van der Waals surface area contributed by atoms with Gasteiger partial charge in [-0.25, -0.2) is 0 Å². The topological polar surface area (TPSA) is 41.1 Å². The molecule has 1 aliphatic heterocycles. The fourth-order valence-corrected chi connectivity index (χ4v) is 3.08. The zero-order valence-corrected chi connectivity index (χ0v) is 9.32. The Morgan fingerprint density at radius 2 is 2.13 bits per heavy atom. The molecule has 76 valence electrons. The van der Waals surface area contributed by atoms with E-state index in [1.54, 1.807) is 22.7 Å². The van der Waals surface area contributed by atoms with Crippen LogP contribution in [-0.4, -0.2) is 5.91 Å². The summed E-state index contributed by atoms with van der Waals surface area (Å²) in [5, 5.41) is 12.1. The van der Waals surface area contributed by atoms with Crippen molar-refractivity contribution >= 4 is 40.0 Å². The summed E-state index contributed by atoms with van der Waals surface area (Å²) in [6.45, 7) is 0. The van der Waals surface area contributed by atoms with Gasteiger partial charge >= 0.3 is 0 Å². The van der Waals surface area contributed by atoms with Gasteiger partial charge in [-0.2, -0.15) is 0 Å². The number of amides is 1. The third-order valence-electron chi connectivity index (χ3n) is 2.31. The summed E-state index contributed by atoms with van der Waals surface area (Å²) < 4.78 is 0. The first-order valence-electron chi connectivity index (χ1n) is 4.51. The number of carbonyl (C=O) groups excluding carboxylic acids is 1. The number of fused-ring (bicyclic) bond motifs is 1. The summed E-state index contributed by atoms with van der Waals surface area (Å²) in [5.41, 5.74) is 1.90. The molecule has 1 unspecified atom stereocenters. The smallest absolute Gasteiger partial charge is 0.252 e. The van der Waals surface area contributed by atoms with Crippen LogP contribution in [0.15, 0.2) is 28.3 Å². The Balaban J connectivity index is 1.98. The molecule has 2 N–H and O–H groups in total. The normalized spacial score (nSPS) is 19.2. The largest absolute Gasteiger partial charge is 0.367 e. The number of anilines is 2. The van der Waals surface area contributed by atoms with E-state index < -0.39 is 0 Å². The highest BCUT2D eigenvalue weighted by Gasteiger charge is 2.27. The van der Waals surface area contributed by atoms with Gasteiger partial charge in [-0.1, -0.05) is 6.07 Å². The summed E-state index contributed by atoms with van der Waals surface area (Å²) in [5.74, 6) is 0.0170. The van der Waals surface area contributed by atoms with E-state index in [1.165, 1.54) is 0 Å². The summed E-state index contributed by atoms with van der Waals surface area (Å²) in [7, 11) is 0. The standard InChI is InChI=1S/C10H8N2OS2/c13-10-9(8-2-1-3-15-8)11-6-4-14-5-7(6)12-10/h1-5,9,11H,(H,12,13). The second-order valence-electron chi connectivity index (χ2n) is 3.28. The van der Waals surface area contributed by atoms with Gasteiger partial charge in [-0.05, 0) is 11.4 Å². The van der Waals surface area contributed by atoms with Crippen molar-refractivity contribution in [2.75, 3.05) is 10.6 Å². The first-order valence-corrected chi connectivity index (χ1v) is 6.34. The Labute approximate surface area is 94.8 Å². The highest BCUT2D eigenvalue weighted by atomic mass is 32.1. The Kier molecular flexibility index (Phi) is 2.00. The average Bonchev–Trinajstić information content (AvgIpc) is 2.85. The van der Waals surface area contributed by atoms with E-state index in [9.17, 15) is 4.79 Å². The van der Waals surface area contributed by atoms with Gasteiger partial charge in [-0.15, -0.1) is 22.7 Å². The number of hydrogen-bond acceptors (Lipinski definition) is 4. The maximum atomic E-state index is 11.8. The zero-order valence-electron chi connectivity index (χ0n) is 7.69. The highest BCUT2D eigenvalue weighted by Crippen LogP contribution is 2.36. The molecule has 3 rings (SSSR count). The van der Waals surface area contributed by atoms with E-state index in [-0.39, 0.29) is 11.9 Å². The van der Waals surface area contributed by atoms with E-state index in [4.69, 9.17) is 0 Å². The van der Waals surface area contributed by atoms with Crippen LogP contribution in [0, 0.1) is 0 Å². The second-order valence-corrected chi connectivity index (χ2v) is 5.00. The lowest BCUT2D eigenvalue weighted by atomic mass is 10.1. The quantitative estimate of drug-likeness (QED) is 0.799. The monoisotopic (exact) mass is 236 g/mol. The van der Waals surface area contributed by atoms with Gasteiger partial charge in [0.25, 0.3) is 5.91 Å². The fourth-order valence-electron chi connectivity index (χ4n) is 1.59. The van der Waals surface area contributed by atoms with Crippen LogP contribution < -0.4 is 10.6 Å². The fraction of sp³-hybridized carbons (Fsp3) is 0.100. The summed E-state index contributed by atoms with van der Waals surface area (Å²) in [6, 6.07) is 3.68. The van der Waals surface area contributed by atoms with Gasteiger partial charge in [0.1, 0.15) is 6.04 Å². The van der Waals surface area contributed by atoms with Crippen LogP contribution in [0.3, 0.4) is 0 Å². The lowest BCUT2D eigenvalue weighted by Crippen LogP contribution is -2.30. The van der Waals surface area contributed by atoms with E-state index in [0.29, 0.717) is 0 Å². The molecule has 0 spiro atoms. The molecule has 2 aromatic rings. The van der Waals surface area contributed by atoms with Crippen molar-refractivity contribution < 1.29 is 4.79 Å². The van der Waals surface area contributed by atoms with Crippen molar-refractivity contribution in [1.82, 2.24) is 0 Å². The van der Waals surface area contributed by atoms with Gasteiger partial charge in [-0.3, -0.25) is 4.79 Å². The molecule has 0 aromatic carbocycles. The van der Waals surface area contributed by atoms with Gasteiger partial charge in [0.05, 0.1) is 11.4 Å². The van der Waals surface area contributed by atoms with Crippen molar-refractivity contribution in [3.05, 3.63) is 33.2 Å². The molecule has 0 bridgehead atoms. The molecule has 15 heavy (non-hydrogen) atoms. The lowest BCUT2D eigenvalue weighted by Gasteiger charge is -2.23. The third-order valence-corrected chi connectivity index (χ3v) is 3.99. The predicted octanol–water partition coefficient (Wildman–Crippen LogP) is 2.91. The molecule has 2 aromatic heterocycles. The van der Waals surface area contributed by atoms with Crippen molar-refractivity contribution in [3.8, 4) is 0 Å². The van der Waals surface area contributed by atoms with Crippen LogP contribution in [0.25, 0.3) is 0 Å². The van der Waals surface area contributed by atoms with Crippen LogP contribution in [0.4, 0.5) is 11.4 Å². The predicted molar refractivity (Wildman–Crippen MR) is 63.6 cm³/mol. The first-order chi connectivity index (χ1) is 7.34. The molecule has 1 amide bonds. The number of thiophene rings is 2. The molecule has 0 saturated heterocycles. The molecular formula is C10H8N2OS2. The zero-order chi connectivity index (χ0) is 10.3. The van der Waals surface area contributed by atoms with Crippen molar-refractivity contribution in [2.24, 2.45) is 0 Å². The molecule has 0 radical (unpaired) electrons. The highest BCUT2D eigenvalue weighted by molar-refractivity contribution is 7.10. The Hall–Kier alpha value is -1.33. The minimum atomic E-state index is -0.243. The minimum absolute atomic E-state index is 0.0170. The Morgan fingerprint density at radius 3 is 2.93 bits per heavy atom. The van der Waals surface area contributed by atoms with Gasteiger partial charge < -0.3 is 10.6 Å².